The number of halogens is 3. The standard InChI is InChI=1S/C17H14Cl3N3O/c18-13-5-6-14(16(20)7-13)17(8-23-11-21-10-22-23)24-9-12-3-1-2-4-15(12)19/h1-7,10-11,17H,8-9H2/t17-/m0/s1. The van der Waals surface area contributed by atoms with E-state index in [1.165, 1.54) is 6.33 Å². The number of hydrogen-bond acceptors (Lipinski definition) is 3. The fraction of sp³-hybridized carbons (Fsp3) is 0.176. The maximum Gasteiger partial charge on any atom is 0.137 e. The molecular formula is C17H14Cl3N3O. The molecular weight excluding hydrogens is 369 g/mol. The zero-order valence-corrected chi connectivity index (χ0v) is 14.8. The van der Waals surface area contributed by atoms with E-state index in [2.05, 4.69) is 10.1 Å². The van der Waals surface area contributed by atoms with E-state index in [1.807, 2.05) is 30.3 Å². The third kappa shape index (κ3) is 4.28. The number of nitrogens with zero attached hydrogens (tertiary/aromatic N) is 3. The highest BCUT2D eigenvalue weighted by Gasteiger charge is 2.18. The van der Waals surface area contributed by atoms with Crippen molar-refractivity contribution in [3.05, 3.63) is 81.3 Å². The van der Waals surface area contributed by atoms with Crippen molar-refractivity contribution in [1.29, 1.82) is 0 Å². The van der Waals surface area contributed by atoms with Crippen LogP contribution in [0, 0.1) is 0 Å². The van der Waals surface area contributed by atoms with E-state index in [0.717, 1.165) is 11.1 Å². The lowest BCUT2D eigenvalue weighted by atomic mass is 10.1. The molecule has 124 valence electrons. The highest BCUT2D eigenvalue weighted by molar-refractivity contribution is 6.35. The third-order valence-electron chi connectivity index (χ3n) is 3.53. The second-order valence-corrected chi connectivity index (χ2v) is 6.43. The van der Waals surface area contributed by atoms with Crippen molar-refractivity contribution in [3.63, 3.8) is 0 Å². The van der Waals surface area contributed by atoms with Crippen LogP contribution in [0.3, 0.4) is 0 Å². The summed E-state index contributed by atoms with van der Waals surface area (Å²) < 4.78 is 7.79. The van der Waals surface area contributed by atoms with Gasteiger partial charge >= 0.3 is 0 Å². The maximum absolute atomic E-state index is 6.34. The molecule has 1 heterocycles. The third-order valence-corrected chi connectivity index (χ3v) is 4.46. The second kappa shape index (κ2) is 7.99. The first-order valence-electron chi connectivity index (χ1n) is 7.26. The molecule has 4 nitrogen and oxygen atoms in total. The number of aromatic nitrogens is 3. The van der Waals surface area contributed by atoms with E-state index >= 15 is 0 Å². The monoisotopic (exact) mass is 381 g/mol. The summed E-state index contributed by atoms with van der Waals surface area (Å²) in [6.07, 6.45) is 2.80. The molecule has 0 radical (unpaired) electrons. The number of benzene rings is 2. The van der Waals surface area contributed by atoms with Crippen LogP contribution >= 0.6 is 34.8 Å². The Labute approximate surface area is 154 Å². The molecule has 0 spiro atoms. The van der Waals surface area contributed by atoms with Crippen molar-refractivity contribution in [2.24, 2.45) is 0 Å². The highest BCUT2D eigenvalue weighted by Crippen LogP contribution is 2.30. The normalized spacial score (nSPS) is 12.3. The Balaban J connectivity index is 1.83. The average molecular weight is 383 g/mol. The van der Waals surface area contributed by atoms with E-state index < -0.39 is 0 Å². The van der Waals surface area contributed by atoms with Gasteiger partial charge in [0.1, 0.15) is 18.8 Å². The minimum atomic E-state index is -0.312. The topological polar surface area (TPSA) is 39.9 Å². The van der Waals surface area contributed by atoms with Gasteiger partial charge in [-0.05, 0) is 23.8 Å². The Morgan fingerprint density at radius 1 is 1.04 bits per heavy atom. The average Bonchev–Trinajstić information content (AvgIpc) is 3.06. The van der Waals surface area contributed by atoms with E-state index in [0.29, 0.717) is 28.2 Å². The lowest BCUT2D eigenvalue weighted by molar-refractivity contribution is 0.0257. The number of hydrogen-bond donors (Lipinski definition) is 0. The van der Waals surface area contributed by atoms with Gasteiger partial charge in [-0.15, -0.1) is 0 Å². The summed E-state index contributed by atoms with van der Waals surface area (Å²) in [5.41, 5.74) is 1.75. The first-order valence-corrected chi connectivity index (χ1v) is 8.39. The number of rotatable bonds is 6. The van der Waals surface area contributed by atoms with Crippen LogP contribution in [0.15, 0.2) is 55.1 Å². The van der Waals surface area contributed by atoms with Crippen molar-refractivity contribution in [1.82, 2.24) is 14.8 Å². The van der Waals surface area contributed by atoms with Gasteiger partial charge in [-0.25, -0.2) is 4.98 Å². The smallest absolute Gasteiger partial charge is 0.137 e. The van der Waals surface area contributed by atoms with Gasteiger partial charge in [-0.2, -0.15) is 5.10 Å². The van der Waals surface area contributed by atoms with Crippen LogP contribution in [-0.4, -0.2) is 14.8 Å². The summed E-state index contributed by atoms with van der Waals surface area (Å²) >= 11 is 18.5. The zero-order chi connectivity index (χ0) is 16.9. The van der Waals surface area contributed by atoms with Crippen molar-refractivity contribution in [3.8, 4) is 0 Å². The lowest BCUT2D eigenvalue weighted by Crippen LogP contribution is -2.14. The Hall–Kier alpha value is -1.59. The van der Waals surface area contributed by atoms with Crippen LogP contribution in [-0.2, 0) is 17.9 Å². The van der Waals surface area contributed by atoms with Crippen LogP contribution in [0.2, 0.25) is 15.1 Å². The molecule has 0 N–H and O–H groups in total. The Kier molecular flexibility index (Phi) is 5.74. The van der Waals surface area contributed by atoms with E-state index in [-0.39, 0.29) is 6.10 Å². The lowest BCUT2D eigenvalue weighted by Gasteiger charge is -2.20. The quantitative estimate of drug-likeness (QED) is 0.588. The molecule has 0 aliphatic heterocycles. The summed E-state index contributed by atoms with van der Waals surface area (Å²) in [6.45, 7) is 0.837. The molecule has 3 aromatic rings. The first-order chi connectivity index (χ1) is 11.6. The molecule has 0 aliphatic rings. The largest absolute Gasteiger partial charge is 0.367 e. The van der Waals surface area contributed by atoms with Gasteiger partial charge in [0.15, 0.2) is 0 Å². The highest BCUT2D eigenvalue weighted by atomic mass is 35.5. The molecule has 24 heavy (non-hydrogen) atoms. The predicted molar refractivity (Wildman–Crippen MR) is 95.5 cm³/mol. The predicted octanol–water partition coefficient (Wildman–Crippen LogP) is 5.20. The SMILES string of the molecule is Clc1ccc([C@H](Cn2cncn2)OCc2ccccc2Cl)c(Cl)c1. The fourth-order valence-corrected chi connectivity index (χ4v) is 3.03. The van der Waals surface area contributed by atoms with Crippen molar-refractivity contribution >= 4 is 34.8 Å². The molecule has 0 bridgehead atoms. The van der Waals surface area contributed by atoms with Crippen molar-refractivity contribution in [2.75, 3.05) is 0 Å². The number of ether oxygens (including phenoxy) is 1. The minimum absolute atomic E-state index is 0.312. The van der Waals surface area contributed by atoms with Gasteiger partial charge in [0.05, 0.1) is 13.2 Å². The van der Waals surface area contributed by atoms with Gasteiger partial charge in [0.2, 0.25) is 0 Å². The molecule has 3 rings (SSSR count). The Morgan fingerprint density at radius 2 is 1.88 bits per heavy atom. The molecule has 0 amide bonds. The molecule has 0 unspecified atom stereocenters. The van der Waals surface area contributed by atoms with Crippen LogP contribution in [0.5, 0.6) is 0 Å². The molecule has 7 heteroatoms. The van der Waals surface area contributed by atoms with Crippen molar-refractivity contribution in [2.45, 2.75) is 19.3 Å². The van der Waals surface area contributed by atoms with Crippen LogP contribution in [0.1, 0.15) is 17.2 Å². The van der Waals surface area contributed by atoms with E-state index in [1.54, 1.807) is 23.1 Å². The summed E-state index contributed by atoms with van der Waals surface area (Å²) in [4.78, 5) is 3.96. The molecule has 0 aliphatic carbocycles. The minimum Gasteiger partial charge on any atom is -0.367 e. The second-order valence-electron chi connectivity index (χ2n) is 5.17. The first kappa shape index (κ1) is 17.2. The Morgan fingerprint density at radius 3 is 2.58 bits per heavy atom. The molecule has 1 atom stereocenters. The molecule has 1 aromatic heterocycles. The zero-order valence-electron chi connectivity index (χ0n) is 12.6. The fourth-order valence-electron chi connectivity index (χ4n) is 2.31. The summed E-state index contributed by atoms with van der Waals surface area (Å²) in [5.74, 6) is 0. The summed E-state index contributed by atoms with van der Waals surface area (Å²) in [5, 5.41) is 5.92. The van der Waals surface area contributed by atoms with Crippen LogP contribution in [0.4, 0.5) is 0 Å². The Bertz CT molecular complexity index is 809. The summed E-state index contributed by atoms with van der Waals surface area (Å²) in [6, 6.07) is 12.9. The molecule has 0 saturated carbocycles. The molecule has 2 aromatic carbocycles. The molecule has 0 saturated heterocycles. The summed E-state index contributed by atoms with van der Waals surface area (Å²) in [7, 11) is 0. The molecule has 0 fully saturated rings. The van der Waals surface area contributed by atoms with Gasteiger partial charge in [-0.3, -0.25) is 4.68 Å². The van der Waals surface area contributed by atoms with E-state index in [4.69, 9.17) is 39.5 Å². The van der Waals surface area contributed by atoms with Crippen LogP contribution in [0.25, 0.3) is 0 Å². The van der Waals surface area contributed by atoms with Gasteiger partial charge < -0.3 is 4.74 Å². The van der Waals surface area contributed by atoms with Gasteiger partial charge in [0, 0.05) is 20.6 Å². The van der Waals surface area contributed by atoms with Crippen molar-refractivity contribution < 1.29 is 4.74 Å². The van der Waals surface area contributed by atoms with Gasteiger partial charge in [-0.1, -0.05) is 59.1 Å². The van der Waals surface area contributed by atoms with Gasteiger partial charge in [0.25, 0.3) is 0 Å². The van der Waals surface area contributed by atoms with Crippen LogP contribution < -0.4 is 0 Å². The maximum atomic E-state index is 6.34. The van der Waals surface area contributed by atoms with E-state index in [9.17, 15) is 0 Å².